The average Bonchev–Trinajstić information content (AvgIpc) is 2.53. The van der Waals surface area contributed by atoms with Gasteiger partial charge in [0, 0.05) is 18.8 Å². The lowest BCUT2D eigenvalue weighted by Crippen LogP contribution is -2.14. The molecule has 2 rings (SSSR count). The van der Waals surface area contributed by atoms with E-state index in [0.717, 1.165) is 16.8 Å². The number of nitrogens with one attached hydrogen (secondary N) is 1. The minimum absolute atomic E-state index is 0.00930. The van der Waals surface area contributed by atoms with E-state index in [1.807, 2.05) is 54.6 Å². The number of nitrogens with zero attached hydrogens (tertiary/aromatic N) is 1. The summed E-state index contributed by atoms with van der Waals surface area (Å²) in [6.45, 7) is 1.49. The zero-order valence-electron chi connectivity index (χ0n) is 12.6. The Kier molecular flexibility index (Phi) is 5.86. The van der Waals surface area contributed by atoms with Gasteiger partial charge >= 0.3 is 0 Å². The Bertz CT molecular complexity index is 621. The van der Waals surface area contributed by atoms with Crippen molar-refractivity contribution in [1.82, 2.24) is 0 Å². The summed E-state index contributed by atoms with van der Waals surface area (Å²) in [6, 6.07) is 17.2. The summed E-state index contributed by atoms with van der Waals surface area (Å²) in [5, 5.41) is 12.2. The van der Waals surface area contributed by atoms with Crippen LogP contribution in [0, 0.1) is 0 Å². The lowest BCUT2D eigenvalue weighted by Gasteiger charge is -2.09. The first-order valence-corrected chi connectivity index (χ1v) is 7.23. The summed E-state index contributed by atoms with van der Waals surface area (Å²) < 4.78 is 0. The third-order valence-corrected chi connectivity index (χ3v) is 3.19. The van der Waals surface area contributed by atoms with Crippen molar-refractivity contribution in [2.45, 2.75) is 19.4 Å². The fourth-order valence-corrected chi connectivity index (χ4v) is 2.10. The molecular formula is C18H20N2O2. The molecule has 2 aromatic rings. The third kappa shape index (κ3) is 5.14. The van der Waals surface area contributed by atoms with Crippen molar-refractivity contribution in [3.8, 4) is 0 Å². The molecule has 2 N–H and O–H groups in total. The van der Waals surface area contributed by atoms with Gasteiger partial charge in [0.15, 0.2) is 0 Å². The fraction of sp³-hybridized carbons (Fsp3) is 0.222. The van der Waals surface area contributed by atoms with E-state index in [2.05, 4.69) is 10.3 Å². The van der Waals surface area contributed by atoms with Gasteiger partial charge in [-0.05, 0) is 29.7 Å². The molecule has 0 aliphatic rings. The van der Waals surface area contributed by atoms with Crippen LogP contribution in [0.5, 0.6) is 0 Å². The lowest BCUT2D eigenvalue weighted by molar-refractivity contribution is -0.114. The van der Waals surface area contributed by atoms with Crippen LogP contribution in [-0.2, 0) is 11.2 Å². The normalized spacial score (nSPS) is 12.3. The molecule has 0 spiro atoms. The van der Waals surface area contributed by atoms with Gasteiger partial charge in [0.05, 0.1) is 12.6 Å². The van der Waals surface area contributed by atoms with Crippen LogP contribution in [0.1, 0.15) is 18.1 Å². The van der Waals surface area contributed by atoms with Crippen molar-refractivity contribution in [3.63, 3.8) is 0 Å². The lowest BCUT2D eigenvalue weighted by atomic mass is 10.1. The quantitative estimate of drug-likeness (QED) is 0.805. The Morgan fingerprint density at radius 2 is 1.86 bits per heavy atom. The van der Waals surface area contributed by atoms with E-state index >= 15 is 0 Å². The summed E-state index contributed by atoms with van der Waals surface area (Å²) in [5.74, 6) is -0.0929. The Labute approximate surface area is 130 Å². The van der Waals surface area contributed by atoms with Gasteiger partial charge in [-0.3, -0.25) is 9.79 Å². The van der Waals surface area contributed by atoms with Gasteiger partial charge in [0.25, 0.3) is 0 Å². The highest BCUT2D eigenvalue weighted by Gasteiger charge is 2.05. The number of carbonyl (C=O) groups excluding carboxylic acids is 1. The van der Waals surface area contributed by atoms with E-state index < -0.39 is 0 Å². The summed E-state index contributed by atoms with van der Waals surface area (Å²) >= 11 is 0. The monoisotopic (exact) mass is 296 g/mol. The molecule has 0 saturated carbocycles. The van der Waals surface area contributed by atoms with Crippen molar-refractivity contribution in [1.29, 1.82) is 0 Å². The van der Waals surface area contributed by atoms with Crippen molar-refractivity contribution >= 4 is 17.8 Å². The van der Waals surface area contributed by atoms with Crippen LogP contribution in [-0.4, -0.2) is 29.9 Å². The number of hydrogen-bond donors (Lipinski definition) is 2. The Morgan fingerprint density at radius 3 is 2.45 bits per heavy atom. The number of anilines is 1. The number of aliphatic imine (C=N–C) groups is 1. The second-order valence-electron chi connectivity index (χ2n) is 5.11. The standard InChI is InChI=1S/C18H20N2O2/c1-14(22)20-17-9-7-16(8-10-17)12-19-18(13-21)11-15-5-3-2-4-6-15/h2-10,12,18,21H,11,13H2,1H3,(H,20,22). The molecular weight excluding hydrogens is 276 g/mol. The molecule has 0 bridgehead atoms. The third-order valence-electron chi connectivity index (χ3n) is 3.19. The second kappa shape index (κ2) is 8.10. The second-order valence-corrected chi connectivity index (χ2v) is 5.11. The first-order chi connectivity index (χ1) is 10.7. The SMILES string of the molecule is CC(=O)Nc1ccc(C=NC(CO)Cc2ccccc2)cc1. The van der Waals surface area contributed by atoms with E-state index in [9.17, 15) is 9.90 Å². The number of rotatable bonds is 6. The van der Waals surface area contributed by atoms with Crippen LogP contribution < -0.4 is 5.32 Å². The topological polar surface area (TPSA) is 61.7 Å². The molecule has 1 amide bonds. The molecule has 22 heavy (non-hydrogen) atoms. The van der Waals surface area contributed by atoms with E-state index in [1.54, 1.807) is 6.21 Å². The van der Waals surface area contributed by atoms with Crippen LogP contribution in [0.3, 0.4) is 0 Å². The Morgan fingerprint density at radius 1 is 1.18 bits per heavy atom. The maximum Gasteiger partial charge on any atom is 0.221 e. The highest BCUT2D eigenvalue weighted by Crippen LogP contribution is 2.09. The molecule has 0 aliphatic heterocycles. The van der Waals surface area contributed by atoms with Gasteiger partial charge in [0.1, 0.15) is 0 Å². The highest BCUT2D eigenvalue weighted by atomic mass is 16.3. The number of carbonyl (C=O) groups is 1. The zero-order chi connectivity index (χ0) is 15.8. The molecule has 1 unspecified atom stereocenters. The molecule has 0 saturated heterocycles. The summed E-state index contributed by atoms with van der Waals surface area (Å²) in [6.07, 6.45) is 2.46. The van der Waals surface area contributed by atoms with E-state index in [0.29, 0.717) is 6.42 Å². The summed E-state index contributed by atoms with van der Waals surface area (Å²) in [7, 11) is 0. The van der Waals surface area contributed by atoms with Crippen molar-refractivity contribution in [2.24, 2.45) is 4.99 Å². The maximum atomic E-state index is 11.0. The maximum absolute atomic E-state index is 11.0. The molecule has 114 valence electrons. The van der Waals surface area contributed by atoms with Gasteiger partial charge in [0.2, 0.25) is 5.91 Å². The van der Waals surface area contributed by atoms with Crippen LogP contribution >= 0.6 is 0 Å². The summed E-state index contributed by atoms with van der Waals surface area (Å²) in [4.78, 5) is 15.4. The van der Waals surface area contributed by atoms with Gasteiger partial charge in [-0.25, -0.2) is 0 Å². The molecule has 0 aromatic heterocycles. The molecule has 0 radical (unpaired) electrons. The smallest absolute Gasteiger partial charge is 0.221 e. The average molecular weight is 296 g/mol. The molecule has 0 aliphatic carbocycles. The van der Waals surface area contributed by atoms with Crippen LogP contribution in [0.4, 0.5) is 5.69 Å². The van der Waals surface area contributed by atoms with Crippen LogP contribution in [0.15, 0.2) is 59.6 Å². The van der Waals surface area contributed by atoms with Crippen LogP contribution in [0.2, 0.25) is 0 Å². The van der Waals surface area contributed by atoms with Gasteiger partial charge in [-0.1, -0.05) is 42.5 Å². The number of aliphatic hydroxyl groups is 1. The van der Waals surface area contributed by atoms with E-state index in [4.69, 9.17) is 0 Å². The fourth-order valence-electron chi connectivity index (χ4n) is 2.10. The summed E-state index contributed by atoms with van der Waals surface area (Å²) in [5.41, 5.74) is 2.84. The van der Waals surface area contributed by atoms with Crippen molar-refractivity contribution in [2.75, 3.05) is 11.9 Å². The van der Waals surface area contributed by atoms with Gasteiger partial charge < -0.3 is 10.4 Å². The van der Waals surface area contributed by atoms with Gasteiger partial charge in [-0.15, -0.1) is 0 Å². The molecule has 0 fully saturated rings. The number of aliphatic hydroxyl groups excluding tert-OH is 1. The van der Waals surface area contributed by atoms with E-state index in [1.165, 1.54) is 6.92 Å². The predicted molar refractivity (Wildman–Crippen MR) is 89.4 cm³/mol. The van der Waals surface area contributed by atoms with E-state index in [-0.39, 0.29) is 18.6 Å². The largest absolute Gasteiger partial charge is 0.394 e. The van der Waals surface area contributed by atoms with Crippen LogP contribution in [0.25, 0.3) is 0 Å². The minimum atomic E-state index is -0.155. The van der Waals surface area contributed by atoms with Crippen molar-refractivity contribution < 1.29 is 9.90 Å². The number of amides is 1. The molecule has 4 nitrogen and oxygen atoms in total. The first kappa shape index (κ1) is 15.9. The minimum Gasteiger partial charge on any atom is -0.394 e. The first-order valence-electron chi connectivity index (χ1n) is 7.23. The highest BCUT2D eigenvalue weighted by molar-refractivity contribution is 5.89. The Balaban J connectivity index is 1.98. The predicted octanol–water partition coefficient (Wildman–Crippen LogP) is 2.67. The zero-order valence-corrected chi connectivity index (χ0v) is 12.6. The molecule has 0 heterocycles. The number of benzene rings is 2. The van der Waals surface area contributed by atoms with Gasteiger partial charge in [-0.2, -0.15) is 0 Å². The molecule has 2 aromatic carbocycles. The number of hydrogen-bond acceptors (Lipinski definition) is 3. The molecule has 1 atom stereocenters. The molecule has 4 heteroatoms. The van der Waals surface area contributed by atoms with Crippen molar-refractivity contribution in [3.05, 3.63) is 65.7 Å². The Hall–Kier alpha value is -2.46.